The Kier molecular flexibility index (Phi) is 7.02. The van der Waals surface area contributed by atoms with Crippen molar-refractivity contribution in [1.82, 2.24) is 9.97 Å². The molecule has 2 saturated carbocycles. The van der Waals surface area contributed by atoms with Crippen molar-refractivity contribution in [2.24, 2.45) is 11.8 Å². The first-order chi connectivity index (χ1) is 17.5. The van der Waals surface area contributed by atoms with Crippen LogP contribution in [0.15, 0.2) is 48.7 Å². The predicted octanol–water partition coefficient (Wildman–Crippen LogP) is 5.63. The van der Waals surface area contributed by atoms with E-state index in [1.54, 1.807) is 18.3 Å². The Balaban J connectivity index is 1.35. The third kappa shape index (κ3) is 5.93. The van der Waals surface area contributed by atoms with Crippen LogP contribution in [0.3, 0.4) is 0 Å². The van der Waals surface area contributed by atoms with Crippen LogP contribution in [-0.2, 0) is 11.4 Å². The van der Waals surface area contributed by atoms with Crippen molar-refractivity contribution < 1.29 is 28.5 Å². The molecular weight excluding hydrogens is 463 g/mol. The lowest BCUT2D eigenvalue weighted by Gasteiger charge is -2.16. The normalized spacial score (nSPS) is 15.8. The van der Waals surface area contributed by atoms with Gasteiger partial charge in [-0.3, -0.25) is 4.79 Å². The fraction of sp³-hybridized carbons (Fsp3) is 0.393. The van der Waals surface area contributed by atoms with Crippen LogP contribution in [0.1, 0.15) is 49.3 Å². The van der Waals surface area contributed by atoms with E-state index in [1.807, 2.05) is 24.3 Å². The van der Waals surface area contributed by atoms with Gasteiger partial charge in [0.2, 0.25) is 5.88 Å². The van der Waals surface area contributed by atoms with Crippen LogP contribution in [0, 0.1) is 17.7 Å². The maximum Gasteiger partial charge on any atom is 0.303 e. The molecule has 8 heteroatoms. The van der Waals surface area contributed by atoms with Crippen molar-refractivity contribution in [3.8, 4) is 28.6 Å². The number of halogens is 1. The Morgan fingerprint density at radius 3 is 2.67 bits per heavy atom. The van der Waals surface area contributed by atoms with E-state index in [1.165, 1.54) is 13.2 Å². The van der Waals surface area contributed by atoms with Gasteiger partial charge in [-0.2, -0.15) is 0 Å². The van der Waals surface area contributed by atoms with E-state index in [2.05, 4.69) is 9.97 Å². The summed E-state index contributed by atoms with van der Waals surface area (Å²) in [5.74, 6) is 1.08. The summed E-state index contributed by atoms with van der Waals surface area (Å²) in [7, 11) is 1.52. The number of carboxylic acids is 1. The second-order valence-corrected chi connectivity index (χ2v) is 9.52. The second-order valence-electron chi connectivity index (χ2n) is 9.52. The highest BCUT2D eigenvalue weighted by Gasteiger charge is 2.34. The zero-order valence-corrected chi connectivity index (χ0v) is 20.2. The fourth-order valence-electron chi connectivity index (χ4n) is 4.29. The molecule has 1 heterocycles. The van der Waals surface area contributed by atoms with Crippen LogP contribution in [0.5, 0.6) is 17.4 Å². The highest BCUT2D eigenvalue weighted by Crippen LogP contribution is 2.45. The molecule has 0 saturated heterocycles. The average molecular weight is 493 g/mol. The second kappa shape index (κ2) is 10.5. The Labute approximate surface area is 209 Å². The smallest absolute Gasteiger partial charge is 0.303 e. The van der Waals surface area contributed by atoms with Crippen molar-refractivity contribution in [3.05, 3.63) is 65.7 Å². The van der Waals surface area contributed by atoms with E-state index in [0.717, 1.165) is 31.2 Å². The standard InChI is InChI=1S/C28H29FN2O5/c1-34-21-9-10-25(29)24(12-21)27-28(36-15-17-5-6-17)31-20(14-30-27)16-35-22-4-2-3-19(11-22)23(13-26(32)33)18-7-8-18/h2-4,9-12,14,17-18,23H,5-8,13,15-16H2,1H3,(H,32,33)/t23-/m0/s1. The van der Waals surface area contributed by atoms with Gasteiger partial charge < -0.3 is 19.3 Å². The summed E-state index contributed by atoms with van der Waals surface area (Å²) in [6, 6.07) is 12.1. The van der Waals surface area contributed by atoms with Gasteiger partial charge in [0.1, 0.15) is 35.3 Å². The van der Waals surface area contributed by atoms with Crippen molar-refractivity contribution >= 4 is 5.97 Å². The number of carboxylic acid groups (broad SMARTS) is 1. The zero-order chi connectivity index (χ0) is 25.1. The maximum absolute atomic E-state index is 14.7. The third-order valence-electron chi connectivity index (χ3n) is 6.63. The first kappa shape index (κ1) is 24.0. The SMILES string of the molecule is COc1ccc(F)c(-c2ncc(COc3cccc([C@@H](CC(=O)O)C4CC4)c3)nc2OCC2CC2)c1. The zero-order valence-electron chi connectivity index (χ0n) is 20.2. The lowest BCUT2D eigenvalue weighted by atomic mass is 9.91. The summed E-state index contributed by atoms with van der Waals surface area (Å²) in [6.07, 6.45) is 6.01. The van der Waals surface area contributed by atoms with Gasteiger partial charge in [0.05, 0.1) is 26.3 Å². The highest BCUT2D eigenvalue weighted by atomic mass is 19.1. The monoisotopic (exact) mass is 492 g/mol. The molecule has 0 radical (unpaired) electrons. The quantitative estimate of drug-likeness (QED) is 0.350. The fourth-order valence-corrected chi connectivity index (χ4v) is 4.29. The number of ether oxygens (including phenoxy) is 3. The molecule has 2 aliphatic rings. The largest absolute Gasteiger partial charge is 0.497 e. The van der Waals surface area contributed by atoms with E-state index in [0.29, 0.717) is 41.3 Å². The first-order valence-electron chi connectivity index (χ1n) is 12.3. The molecule has 188 valence electrons. The topological polar surface area (TPSA) is 90.8 Å². The maximum atomic E-state index is 14.7. The minimum Gasteiger partial charge on any atom is -0.497 e. The molecule has 7 nitrogen and oxygen atoms in total. The number of benzene rings is 2. The first-order valence-corrected chi connectivity index (χ1v) is 12.3. The molecule has 5 rings (SSSR count). The van der Waals surface area contributed by atoms with Crippen LogP contribution in [0.2, 0.25) is 0 Å². The van der Waals surface area contributed by atoms with Gasteiger partial charge in [0.25, 0.3) is 0 Å². The van der Waals surface area contributed by atoms with Crippen LogP contribution in [-0.4, -0.2) is 34.8 Å². The average Bonchev–Trinajstić information content (AvgIpc) is 3.80. The summed E-state index contributed by atoms with van der Waals surface area (Å²) in [5, 5.41) is 9.31. The molecule has 36 heavy (non-hydrogen) atoms. The number of methoxy groups -OCH3 is 1. The number of rotatable bonds is 12. The number of nitrogens with zero attached hydrogens (tertiary/aromatic N) is 2. The van der Waals surface area contributed by atoms with Crippen molar-refractivity contribution in [1.29, 1.82) is 0 Å². The van der Waals surface area contributed by atoms with Gasteiger partial charge in [0.15, 0.2) is 0 Å². The number of aliphatic carboxylic acids is 1. The van der Waals surface area contributed by atoms with Crippen molar-refractivity contribution in [2.45, 2.75) is 44.6 Å². The van der Waals surface area contributed by atoms with E-state index >= 15 is 0 Å². The van der Waals surface area contributed by atoms with E-state index in [-0.39, 0.29) is 30.4 Å². The predicted molar refractivity (Wildman–Crippen MR) is 131 cm³/mol. The Bertz CT molecular complexity index is 1240. The molecule has 0 bridgehead atoms. The van der Waals surface area contributed by atoms with Crippen LogP contribution < -0.4 is 14.2 Å². The number of carbonyl (C=O) groups is 1. The summed E-state index contributed by atoms with van der Waals surface area (Å²) in [4.78, 5) is 20.4. The van der Waals surface area contributed by atoms with Gasteiger partial charge in [-0.15, -0.1) is 0 Å². The van der Waals surface area contributed by atoms with E-state index in [9.17, 15) is 14.3 Å². The third-order valence-corrected chi connectivity index (χ3v) is 6.63. The molecule has 1 aromatic heterocycles. The van der Waals surface area contributed by atoms with Crippen LogP contribution in [0.25, 0.3) is 11.3 Å². The number of hydrogen-bond acceptors (Lipinski definition) is 6. The molecule has 0 amide bonds. The summed E-state index contributed by atoms with van der Waals surface area (Å²) < 4.78 is 31.9. The number of aromatic nitrogens is 2. The van der Waals surface area contributed by atoms with E-state index in [4.69, 9.17) is 14.2 Å². The minimum absolute atomic E-state index is 0.00897. The summed E-state index contributed by atoms with van der Waals surface area (Å²) in [6.45, 7) is 0.649. The molecule has 2 fully saturated rings. The van der Waals surface area contributed by atoms with Gasteiger partial charge >= 0.3 is 5.97 Å². The lowest BCUT2D eigenvalue weighted by Crippen LogP contribution is -2.09. The van der Waals surface area contributed by atoms with Gasteiger partial charge in [0, 0.05) is 5.56 Å². The van der Waals surface area contributed by atoms with Gasteiger partial charge in [-0.25, -0.2) is 14.4 Å². The van der Waals surface area contributed by atoms with Crippen LogP contribution >= 0.6 is 0 Å². The summed E-state index contributed by atoms with van der Waals surface area (Å²) >= 11 is 0. The summed E-state index contributed by atoms with van der Waals surface area (Å²) in [5.41, 5.74) is 2.10. The van der Waals surface area contributed by atoms with Crippen molar-refractivity contribution in [3.63, 3.8) is 0 Å². The molecule has 0 unspecified atom stereocenters. The Hall–Kier alpha value is -3.68. The van der Waals surface area contributed by atoms with Gasteiger partial charge in [-0.05, 0) is 79.3 Å². The molecule has 1 atom stereocenters. The van der Waals surface area contributed by atoms with Gasteiger partial charge in [-0.1, -0.05) is 12.1 Å². The molecule has 2 aromatic carbocycles. The minimum atomic E-state index is -0.792. The molecule has 2 aliphatic carbocycles. The molecule has 0 aliphatic heterocycles. The Morgan fingerprint density at radius 2 is 1.94 bits per heavy atom. The Morgan fingerprint density at radius 1 is 1.11 bits per heavy atom. The number of hydrogen-bond donors (Lipinski definition) is 1. The van der Waals surface area contributed by atoms with Crippen molar-refractivity contribution in [2.75, 3.05) is 13.7 Å². The van der Waals surface area contributed by atoms with Crippen LogP contribution in [0.4, 0.5) is 4.39 Å². The molecule has 1 N–H and O–H groups in total. The highest BCUT2D eigenvalue weighted by molar-refractivity contribution is 5.68. The molecule has 0 spiro atoms. The lowest BCUT2D eigenvalue weighted by molar-refractivity contribution is -0.137. The molecule has 3 aromatic rings. The molecular formula is C28H29FN2O5. The van der Waals surface area contributed by atoms with E-state index < -0.39 is 11.8 Å².